The molecule has 1 aliphatic rings. The monoisotopic (exact) mass is 426 g/mol. The van der Waals surface area contributed by atoms with Gasteiger partial charge < -0.3 is 14.5 Å². The molecule has 1 saturated heterocycles. The van der Waals surface area contributed by atoms with Crippen LogP contribution in [0.5, 0.6) is 0 Å². The first-order chi connectivity index (χ1) is 12.8. The molecule has 0 radical (unpaired) electrons. The number of piperazine rings is 1. The molecule has 0 bridgehead atoms. The summed E-state index contributed by atoms with van der Waals surface area (Å²) in [6, 6.07) is 4.13. The van der Waals surface area contributed by atoms with Crippen LogP contribution in [-0.2, 0) is 4.74 Å². The van der Waals surface area contributed by atoms with Crippen molar-refractivity contribution in [3.63, 3.8) is 0 Å². The van der Waals surface area contributed by atoms with Crippen LogP contribution < -0.4 is 4.90 Å². The summed E-state index contributed by atoms with van der Waals surface area (Å²) in [5, 5.41) is 0. The van der Waals surface area contributed by atoms with Gasteiger partial charge in [0.05, 0.1) is 11.0 Å². The highest BCUT2D eigenvalue weighted by Gasteiger charge is 2.26. The van der Waals surface area contributed by atoms with E-state index < -0.39 is 37.7 Å². The number of rotatable bonds is 1. The molecule has 0 aromatic heterocycles. The van der Waals surface area contributed by atoms with Crippen molar-refractivity contribution in [3.05, 3.63) is 27.1 Å². The topological polar surface area (TPSA) is 32.8 Å². The largest absolute Gasteiger partial charge is 0.444 e. The van der Waals surface area contributed by atoms with Crippen molar-refractivity contribution in [2.75, 3.05) is 30.9 Å². The molecule has 116 valence electrons. The van der Waals surface area contributed by atoms with Crippen molar-refractivity contribution < 1.29 is 20.5 Å². The molecule has 0 N–H and O–H groups in total. The lowest BCUT2D eigenvalue weighted by molar-refractivity contribution is 0.0240. The fraction of sp³-hybridized carbons (Fsp3) is 0.533. The van der Waals surface area contributed by atoms with Crippen molar-refractivity contribution in [2.45, 2.75) is 26.4 Å². The maximum atomic E-state index is 12.6. The highest BCUT2D eigenvalue weighted by molar-refractivity contribution is 9.13. The van der Waals surface area contributed by atoms with Gasteiger partial charge >= 0.3 is 6.09 Å². The van der Waals surface area contributed by atoms with E-state index in [1.807, 2.05) is 0 Å². The summed E-state index contributed by atoms with van der Waals surface area (Å²) >= 11 is 6.46. The van der Waals surface area contributed by atoms with Crippen LogP contribution in [0, 0.1) is 0 Å². The number of anilines is 1. The average molecular weight is 428 g/mol. The van der Waals surface area contributed by atoms with Crippen LogP contribution in [-0.4, -0.2) is 42.6 Å². The molecule has 4 nitrogen and oxygen atoms in total. The second-order valence-electron chi connectivity index (χ2n) is 5.20. The minimum absolute atomic E-state index is 0.119. The van der Waals surface area contributed by atoms with Crippen LogP contribution in [0.3, 0.4) is 0 Å². The lowest BCUT2D eigenvalue weighted by atomic mass is 10.2. The zero-order chi connectivity index (χ0) is 22.8. The normalized spacial score (nSPS) is 31.3. The summed E-state index contributed by atoms with van der Waals surface area (Å²) in [5.41, 5.74) is -1.25. The highest BCUT2D eigenvalue weighted by atomic mass is 79.9. The van der Waals surface area contributed by atoms with Gasteiger partial charge in [-0.1, -0.05) is 0 Å². The van der Waals surface area contributed by atoms with E-state index in [-0.39, 0.29) is 10.6 Å². The molecule has 2 rings (SSSR count). The van der Waals surface area contributed by atoms with Crippen LogP contribution >= 0.6 is 31.9 Å². The van der Waals surface area contributed by atoms with Gasteiger partial charge in [-0.2, -0.15) is 0 Å². The number of hydrogen-bond acceptors (Lipinski definition) is 3. The first-order valence-corrected chi connectivity index (χ1v) is 7.66. The third kappa shape index (κ3) is 4.61. The van der Waals surface area contributed by atoms with E-state index in [2.05, 4.69) is 31.9 Å². The number of carbonyl (C=O) groups is 1. The van der Waals surface area contributed by atoms with Gasteiger partial charge in [0, 0.05) is 40.6 Å². The summed E-state index contributed by atoms with van der Waals surface area (Å²) in [6.07, 6.45) is -1.50. The van der Waals surface area contributed by atoms with Gasteiger partial charge in [-0.25, -0.2) is 4.79 Å². The van der Waals surface area contributed by atoms with E-state index in [1.165, 1.54) is 39.0 Å². The minimum Gasteiger partial charge on any atom is -0.444 e. The number of nitrogens with zero attached hydrogens (tertiary/aromatic N) is 2. The minimum atomic E-state index is -3.29. The third-order valence-electron chi connectivity index (χ3n) is 2.28. The predicted molar refractivity (Wildman–Crippen MR) is 91.9 cm³/mol. The second kappa shape index (κ2) is 6.57. The first-order valence-electron chi connectivity index (χ1n) is 10.1. The fourth-order valence-electron chi connectivity index (χ4n) is 1.41. The number of ether oxygens (including phenoxy) is 1. The molecule has 1 aromatic carbocycles. The molecule has 21 heavy (non-hydrogen) atoms. The first kappa shape index (κ1) is 8.77. The molecule has 6 heteroatoms. The summed E-state index contributed by atoms with van der Waals surface area (Å²) in [4.78, 5) is 12.9. The van der Waals surface area contributed by atoms with Crippen LogP contribution in [0.1, 0.15) is 31.7 Å². The molecule has 1 aromatic rings. The van der Waals surface area contributed by atoms with Crippen molar-refractivity contribution >= 4 is 43.6 Å². The van der Waals surface area contributed by atoms with Gasteiger partial charge in [0.15, 0.2) is 0 Å². The number of benzene rings is 1. The maximum Gasteiger partial charge on any atom is 0.410 e. The number of amides is 1. The molecule has 0 atom stereocenters. The van der Waals surface area contributed by atoms with Crippen molar-refractivity contribution in [1.82, 2.24) is 4.90 Å². The van der Waals surface area contributed by atoms with E-state index in [4.69, 9.17) is 15.7 Å². The van der Waals surface area contributed by atoms with E-state index in [1.54, 1.807) is 0 Å². The third-order valence-corrected chi connectivity index (χ3v) is 4.16. The fourth-order valence-corrected chi connectivity index (χ4v) is 2.02. The molecular weight excluding hydrogens is 400 g/mol. The number of halogens is 2. The molecule has 1 aliphatic heterocycles. The van der Waals surface area contributed by atoms with E-state index >= 15 is 0 Å². The molecular formula is C15H20Br2N2O2. The van der Waals surface area contributed by atoms with Crippen molar-refractivity contribution in [2.24, 2.45) is 0 Å². The summed E-state index contributed by atoms with van der Waals surface area (Å²) in [5.74, 6) is 0. The molecule has 0 aliphatic carbocycles. The smallest absolute Gasteiger partial charge is 0.410 e. The Morgan fingerprint density at radius 1 is 1.19 bits per heavy atom. The predicted octanol–water partition coefficient (Wildman–Crippen LogP) is 4.27. The van der Waals surface area contributed by atoms with Gasteiger partial charge in [-0.05, 0) is 70.8 Å². The Balaban J connectivity index is 2.72. The number of hydrogen-bond donors (Lipinski definition) is 0. The average Bonchev–Trinajstić information content (AvgIpc) is 2.46. The maximum absolute atomic E-state index is 12.6. The van der Waals surface area contributed by atoms with Crippen LogP contribution in [0.25, 0.3) is 0 Å². The molecule has 1 fully saturated rings. The Labute approximate surface area is 153 Å². The van der Waals surface area contributed by atoms with E-state index in [0.717, 1.165) is 0 Å². The molecule has 0 spiro atoms. The SMILES string of the molecule is [2H]C1([2H])N(C(=O)OC(C)(C)C)C([2H])([2H])C([2H])([2H])N(c2ccc(Br)c(Br)c2)C1([2H])[2H]. The standard InChI is InChI=1S/C15H20Br2N2O2/c1-15(2,3)21-14(20)19-8-6-18(7-9-19)11-4-5-12(16)13(17)10-11/h4-5,10H,6-9H2,1-3H3/i6D2,7D2,8D2,9D2. The molecule has 0 saturated carbocycles. The quantitative estimate of drug-likeness (QED) is 0.670. The second-order valence-corrected chi connectivity index (χ2v) is 6.91. The Morgan fingerprint density at radius 2 is 1.81 bits per heavy atom. The van der Waals surface area contributed by atoms with Crippen molar-refractivity contribution in [3.8, 4) is 0 Å². The van der Waals surface area contributed by atoms with Crippen LogP contribution in [0.4, 0.5) is 10.5 Å². The Hall–Kier alpha value is -0.750. The van der Waals surface area contributed by atoms with Gasteiger partial charge in [0.1, 0.15) is 5.60 Å². The molecule has 1 heterocycles. The van der Waals surface area contributed by atoms with Gasteiger partial charge in [-0.15, -0.1) is 0 Å². The van der Waals surface area contributed by atoms with Crippen LogP contribution in [0.2, 0.25) is 0 Å². The summed E-state index contributed by atoms with van der Waals surface area (Å²) in [7, 11) is 0. The zero-order valence-electron chi connectivity index (χ0n) is 19.7. The number of carbonyl (C=O) groups excluding carboxylic acids is 1. The Kier molecular flexibility index (Phi) is 2.74. The lowest BCUT2D eigenvalue weighted by Crippen LogP contribution is -2.50. The van der Waals surface area contributed by atoms with Crippen molar-refractivity contribution in [1.29, 1.82) is 0 Å². The van der Waals surface area contributed by atoms with E-state index in [9.17, 15) is 4.79 Å². The molecule has 0 unspecified atom stereocenters. The summed E-state index contributed by atoms with van der Waals surface area (Å²) < 4.78 is 72.7. The highest BCUT2D eigenvalue weighted by Crippen LogP contribution is 2.28. The lowest BCUT2D eigenvalue weighted by Gasteiger charge is -2.36. The Bertz CT molecular complexity index is 801. The molecule has 1 amide bonds. The van der Waals surface area contributed by atoms with Crippen LogP contribution in [0.15, 0.2) is 27.1 Å². The summed E-state index contributed by atoms with van der Waals surface area (Å²) in [6.45, 7) is -8.45. The van der Waals surface area contributed by atoms with Gasteiger partial charge in [0.2, 0.25) is 0 Å². The zero-order valence-corrected chi connectivity index (χ0v) is 14.9. The van der Waals surface area contributed by atoms with Gasteiger partial charge in [0.25, 0.3) is 0 Å². The van der Waals surface area contributed by atoms with E-state index in [0.29, 0.717) is 13.8 Å². The Morgan fingerprint density at radius 3 is 2.33 bits per heavy atom. The van der Waals surface area contributed by atoms with Gasteiger partial charge in [-0.3, -0.25) is 0 Å².